The number of benzene rings is 1. The third kappa shape index (κ3) is 5.81. The maximum atomic E-state index is 11.6. The van der Waals surface area contributed by atoms with Gasteiger partial charge in [0, 0.05) is 24.0 Å². The van der Waals surface area contributed by atoms with E-state index in [1.54, 1.807) is 0 Å². The van der Waals surface area contributed by atoms with Crippen molar-refractivity contribution in [2.75, 3.05) is 6.54 Å². The molecule has 0 spiro atoms. The van der Waals surface area contributed by atoms with E-state index in [4.69, 9.17) is 17.3 Å². The van der Waals surface area contributed by atoms with Crippen LogP contribution >= 0.6 is 24.0 Å². The molecule has 1 aliphatic rings. The minimum Gasteiger partial charge on any atom is -0.355 e. The number of carbonyl (C=O) groups is 1. The van der Waals surface area contributed by atoms with E-state index in [2.05, 4.69) is 5.32 Å². The first-order valence-corrected chi connectivity index (χ1v) is 6.79. The minimum absolute atomic E-state index is 0. The van der Waals surface area contributed by atoms with Crippen LogP contribution in [-0.2, 0) is 11.2 Å². The molecule has 1 aromatic rings. The number of hydrogen-bond acceptors (Lipinski definition) is 2. The summed E-state index contributed by atoms with van der Waals surface area (Å²) >= 11 is 5.80. The Morgan fingerprint density at radius 2 is 2.00 bits per heavy atom. The van der Waals surface area contributed by atoms with Gasteiger partial charge in [-0.1, -0.05) is 23.7 Å². The molecule has 0 radical (unpaired) electrons. The second-order valence-corrected chi connectivity index (χ2v) is 5.37. The first kappa shape index (κ1) is 16.3. The summed E-state index contributed by atoms with van der Waals surface area (Å²) in [6.45, 7) is 0.601. The van der Waals surface area contributed by atoms with Gasteiger partial charge in [-0.25, -0.2) is 0 Å². The van der Waals surface area contributed by atoms with Gasteiger partial charge < -0.3 is 11.1 Å². The van der Waals surface area contributed by atoms with E-state index in [0.29, 0.717) is 18.9 Å². The summed E-state index contributed by atoms with van der Waals surface area (Å²) in [5, 5.41) is 3.62. The number of carbonyl (C=O) groups excluding carboxylic acids is 1. The number of aryl methyl sites for hydroxylation is 1. The fraction of sp³-hybridized carbons (Fsp3) is 0.500. The Morgan fingerprint density at radius 1 is 1.37 bits per heavy atom. The molecule has 1 fully saturated rings. The Balaban J connectivity index is 0.00000180. The molecule has 1 aromatic carbocycles. The molecule has 0 bridgehead atoms. The lowest BCUT2D eigenvalue weighted by Crippen LogP contribution is -2.38. The highest BCUT2D eigenvalue weighted by molar-refractivity contribution is 6.30. The van der Waals surface area contributed by atoms with Crippen LogP contribution in [0.1, 0.15) is 24.8 Å². The summed E-state index contributed by atoms with van der Waals surface area (Å²) in [6.07, 6.45) is 3.66. The second-order valence-electron chi connectivity index (χ2n) is 4.93. The van der Waals surface area contributed by atoms with E-state index in [9.17, 15) is 4.79 Å². The normalized spacial score (nSPS) is 15.5. The lowest BCUT2D eigenvalue weighted by molar-refractivity contribution is -0.121. The molecule has 19 heavy (non-hydrogen) atoms. The summed E-state index contributed by atoms with van der Waals surface area (Å²) in [5.41, 5.74) is 7.05. The SMILES string of the molecule is Cl.NC(CNC(=O)CCc1ccc(Cl)cc1)C1CC1. The molecule has 1 atom stereocenters. The zero-order valence-corrected chi connectivity index (χ0v) is 12.3. The van der Waals surface area contributed by atoms with Gasteiger partial charge >= 0.3 is 0 Å². The summed E-state index contributed by atoms with van der Waals surface area (Å²) in [5.74, 6) is 0.697. The van der Waals surface area contributed by atoms with Crippen molar-refractivity contribution in [2.45, 2.75) is 31.7 Å². The van der Waals surface area contributed by atoms with Crippen molar-refractivity contribution in [3.05, 3.63) is 34.9 Å². The molecular weight excluding hydrogens is 283 g/mol. The standard InChI is InChI=1S/C14H19ClN2O.ClH/c15-12-6-1-10(2-7-12)3-8-14(18)17-9-13(16)11-4-5-11;/h1-2,6-7,11,13H,3-5,8-9,16H2,(H,17,18);1H. The minimum atomic E-state index is 0. The Labute approximate surface area is 125 Å². The number of nitrogens with one attached hydrogen (secondary N) is 1. The summed E-state index contributed by atoms with van der Waals surface area (Å²) < 4.78 is 0. The van der Waals surface area contributed by atoms with Gasteiger partial charge in [0.05, 0.1) is 0 Å². The highest BCUT2D eigenvalue weighted by Crippen LogP contribution is 2.31. The molecular formula is C14H20Cl2N2O. The lowest BCUT2D eigenvalue weighted by atomic mass is 10.1. The number of amides is 1. The highest BCUT2D eigenvalue weighted by atomic mass is 35.5. The van der Waals surface area contributed by atoms with Gasteiger partial charge in [-0.3, -0.25) is 4.79 Å². The van der Waals surface area contributed by atoms with Crippen LogP contribution in [0.4, 0.5) is 0 Å². The molecule has 0 heterocycles. The van der Waals surface area contributed by atoms with E-state index in [1.807, 2.05) is 24.3 Å². The quantitative estimate of drug-likeness (QED) is 0.848. The fourth-order valence-corrected chi connectivity index (χ4v) is 2.05. The average molecular weight is 303 g/mol. The van der Waals surface area contributed by atoms with E-state index in [1.165, 1.54) is 12.8 Å². The average Bonchev–Trinajstić information content (AvgIpc) is 3.19. The van der Waals surface area contributed by atoms with Crippen molar-refractivity contribution in [3.8, 4) is 0 Å². The maximum absolute atomic E-state index is 11.6. The maximum Gasteiger partial charge on any atom is 0.220 e. The Morgan fingerprint density at radius 3 is 2.58 bits per heavy atom. The van der Waals surface area contributed by atoms with Gasteiger partial charge in [-0.15, -0.1) is 12.4 Å². The zero-order chi connectivity index (χ0) is 13.0. The van der Waals surface area contributed by atoms with E-state index in [-0.39, 0.29) is 24.4 Å². The van der Waals surface area contributed by atoms with Gasteiger partial charge in [0.25, 0.3) is 0 Å². The van der Waals surface area contributed by atoms with Crippen LogP contribution in [0.5, 0.6) is 0 Å². The lowest BCUT2D eigenvalue weighted by Gasteiger charge is -2.11. The topological polar surface area (TPSA) is 55.1 Å². The summed E-state index contributed by atoms with van der Waals surface area (Å²) in [4.78, 5) is 11.6. The molecule has 1 saturated carbocycles. The van der Waals surface area contributed by atoms with Crippen molar-refractivity contribution >= 4 is 29.9 Å². The predicted octanol–water partition coefficient (Wildman–Crippen LogP) is 2.55. The molecule has 1 amide bonds. The fourth-order valence-electron chi connectivity index (χ4n) is 1.92. The third-order valence-electron chi connectivity index (χ3n) is 3.32. The smallest absolute Gasteiger partial charge is 0.220 e. The monoisotopic (exact) mass is 302 g/mol. The largest absolute Gasteiger partial charge is 0.355 e. The van der Waals surface area contributed by atoms with Gasteiger partial charge in [-0.05, 0) is 42.9 Å². The van der Waals surface area contributed by atoms with Gasteiger partial charge in [0.1, 0.15) is 0 Å². The van der Waals surface area contributed by atoms with Gasteiger partial charge in [0.2, 0.25) is 5.91 Å². The first-order valence-electron chi connectivity index (χ1n) is 6.42. The van der Waals surface area contributed by atoms with E-state index >= 15 is 0 Å². The van der Waals surface area contributed by atoms with Gasteiger partial charge in [-0.2, -0.15) is 0 Å². The van der Waals surface area contributed by atoms with Crippen LogP contribution in [0.25, 0.3) is 0 Å². The van der Waals surface area contributed by atoms with Crippen LogP contribution in [-0.4, -0.2) is 18.5 Å². The van der Waals surface area contributed by atoms with Crippen LogP contribution in [0, 0.1) is 5.92 Å². The van der Waals surface area contributed by atoms with Crippen LogP contribution < -0.4 is 11.1 Å². The molecule has 3 nitrogen and oxygen atoms in total. The second kappa shape index (κ2) is 7.73. The van der Waals surface area contributed by atoms with Crippen molar-refractivity contribution in [3.63, 3.8) is 0 Å². The molecule has 0 aromatic heterocycles. The van der Waals surface area contributed by atoms with Crippen molar-refractivity contribution < 1.29 is 4.79 Å². The van der Waals surface area contributed by atoms with E-state index in [0.717, 1.165) is 17.0 Å². The highest BCUT2D eigenvalue weighted by Gasteiger charge is 2.28. The van der Waals surface area contributed by atoms with Crippen LogP contribution in [0.2, 0.25) is 5.02 Å². The predicted molar refractivity (Wildman–Crippen MR) is 80.7 cm³/mol. The molecule has 0 saturated heterocycles. The number of nitrogens with two attached hydrogens (primary N) is 1. The molecule has 5 heteroatoms. The molecule has 106 valence electrons. The summed E-state index contributed by atoms with van der Waals surface area (Å²) in [6, 6.07) is 7.72. The number of halogens is 2. The number of rotatable bonds is 6. The molecule has 3 N–H and O–H groups in total. The van der Waals surface area contributed by atoms with Crippen molar-refractivity contribution in [2.24, 2.45) is 11.7 Å². The zero-order valence-electron chi connectivity index (χ0n) is 10.8. The molecule has 1 unspecified atom stereocenters. The van der Waals surface area contributed by atoms with Crippen LogP contribution in [0.3, 0.4) is 0 Å². The first-order chi connectivity index (χ1) is 8.65. The third-order valence-corrected chi connectivity index (χ3v) is 3.57. The Hall–Kier alpha value is -0.770. The Bertz CT molecular complexity index is 404. The Kier molecular flexibility index (Phi) is 6.63. The molecule has 2 rings (SSSR count). The van der Waals surface area contributed by atoms with Crippen molar-refractivity contribution in [1.82, 2.24) is 5.32 Å². The molecule has 0 aliphatic heterocycles. The van der Waals surface area contributed by atoms with E-state index < -0.39 is 0 Å². The van der Waals surface area contributed by atoms with Gasteiger partial charge in [0.15, 0.2) is 0 Å². The van der Waals surface area contributed by atoms with Crippen molar-refractivity contribution in [1.29, 1.82) is 0 Å². The number of hydrogen-bond donors (Lipinski definition) is 2. The van der Waals surface area contributed by atoms with Crippen LogP contribution in [0.15, 0.2) is 24.3 Å². The molecule has 1 aliphatic carbocycles. The summed E-state index contributed by atoms with van der Waals surface area (Å²) in [7, 11) is 0.